The lowest BCUT2D eigenvalue weighted by molar-refractivity contribution is 0.189. The number of fused-ring (bicyclic) bond motifs is 1. The molecule has 1 unspecified atom stereocenters. The number of hydrogen-bond acceptors (Lipinski definition) is 5. The molecule has 3 aromatic carbocycles. The molecule has 0 fully saturated rings. The molecule has 2 amide bonds. The number of amides is 2. The predicted molar refractivity (Wildman–Crippen MR) is 146 cm³/mol. The molecule has 0 aliphatic heterocycles. The standard InChI is InChI=1S/C28H29ClN4O4/c1-5-16-32(28(35)31-23-8-6-7-9-25(23)37-4)18(2)26-30-24-17-19(29)10-15-22(24)27(34)33(26)20-11-13-21(36-3)14-12-20/h6-15,17-18H,5,16H2,1-4H3,(H,31,35). The fraction of sp³-hybridized carbons (Fsp3) is 0.250. The third-order valence-corrected chi connectivity index (χ3v) is 6.34. The number of para-hydroxylation sites is 2. The summed E-state index contributed by atoms with van der Waals surface area (Å²) in [6.07, 6.45) is 0.704. The number of anilines is 1. The Morgan fingerprint density at radius 1 is 1.08 bits per heavy atom. The second-order valence-electron chi connectivity index (χ2n) is 8.47. The third-order valence-electron chi connectivity index (χ3n) is 6.10. The van der Waals surface area contributed by atoms with Gasteiger partial charge in [-0.05, 0) is 67.9 Å². The monoisotopic (exact) mass is 520 g/mol. The molecule has 37 heavy (non-hydrogen) atoms. The summed E-state index contributed by atoms with van der Waals surface area (Å²) in [6.45, 7) is 4.28. The molecule has 1 heterocycles. The van der Waals surface area contributed by atoms with Gasteiger partial charge < -0.3 is 19.7 Å². The van der Waals surface area contributed by atoms with Gasteiger partial charge in [-0.15, -0.1) is 0 Å². The predicted octanol–water partition coefficient (Wildman–Crippen LogP) is 6.06. The number of hydrogen-bond donors (Lipinski definition) is 1. The van der Waals surface area contributed by atoms with E-state index in [1.54, 1.807) is 78.3 Å². The number of carbonyl (C=O) groups is 1. The van der Waals surface area contributed by atoms with Gasteiger partial charge in [-0.25, -0.2) is 9.78 Å². The minimum absolute atomic E-state index is 0.254. The summed E-state index contributed by atoms with van der Waals surface area (Å²) >= 11 is 6.23. The van der Waals surface area contributed by atoms with Gasteiger partial charge in [0, 0.05) is 11.6 Å². The van der Waals surface area contributed by atoms with Crippen LogP contribution in [-0.2, 0) is 0 Å². The molecule has 9 heteroatoms. The zero-order valence-electron chi connectivity index (χ0n) is 21.2. The van der Waals surface area contributed by atoms with E-state index in [2.05, 4.69) is 5.32 Å². The van der Waals surface area contributed by atoms with Crippen molar-refractivity contribution in [3.05, 3.63) is 87.9 Å². The summed E-state index contributed by atoms with van der Waals surface area (Å²) in [5.74, 6) is 1.62. The Bertz CT molecular complexity index is 1470. The van der Waals surface area contributed by atoms with E-state index in [0.29, 0.717) is 57.6 Å². The first-order valence-corrected chi connectivity index (χ1v) is 12.3. The fourth-order valence-electron chi connectivity index (χ4n) is 4.22. The van der Waals surface area contributed by atoms with Crippen LogP contribution in [0.4, 0.5) is 10.5 Å². The smallest absolute Gasteiger partial charge is 0.322 e. The molecule has 1 aromatic heterocycles. The normalized spacial score (nSPS) is 11.7. The van der Waals surface area contributed by atoms with E-state index in [1.807, 2.05) is 26.0 Å². The molecule has 0 saturated carbocycles. The molecule has 0 saturated heterocycles. The van der Waals surface area contributed by atoms with Crippen LogP contribution in [0, 0.1) is 0 Å². The Balaban J connectivity index is 1.84. The SMILES string of the molecule is CCCN(C(=O)Nc1ccccc1OC)C(C)c1nc2cc(Cl)ccc2c(=O)n1-c1ccc(OC)cc1. The quantitative estimate of drug-likeness (QED) is 0.305. The number of nitrogens with zero attached hydrogens (tertiary/aromatic N) is 3. The Kier molecular flexibility index (Phi) is 7.98. The molecule has 4 aromatic rings. The molecular weight excluding hydrogens is 492 g/mol. The second kappa shape index (κ2) is 11.3. The fourth-order valence-corrected chi connectivity index (χ4v) is 4.39. The van der Waals surface area contributed by atoms with Gasteiger partial charge in [-0.1, -0.05) is 30.7 Å². The minimum Gasteiger partial charge on any atom is -0.497 e. The maximum Gasteiger partial charge on any atom is 0.322 e. The summed E-state index contributed by atoms with van der Waals surface area (Å²) in [6, 6.07) is 18.4. The molecule has 0 aliphatic carbocycles. The number of benzene rings is 3. The number of urea groups is 1. The number of nitrogens with one attached hydrogen (secondary N) is 1. The lowest BCUT2D eigenvalue weighted by Crippen LogP contribution is -2.40. The van der Waals surface area contributed by atoms with Crippen LogP contribution in [0.3, 0.4) is 0 Å². The summed E-state index contributed by atoms with van der Waals surface area (Å²) in [7, 11) is 3.13. The molecule has 0 radical (unpaired) electrons. The summed E-state index contributed by atoms with van der Waals surface area (Å²) in [5, 5.41) is 3.84. The van der Waals surface area contributed by atoms with Crippen molar-refractivity contribution in [1.82, 2.24) is 14.5 Å². The molecule has 0 aliphatic rings. The maximum atomic E-state index is 13.8. The zero-order chi connectivity index (χ0) is 26.5. The van der Waals surface area contributed by atoms with Crippen LogP contribution in [-0.4, -0.2) is 41.2 Å². The van der Waals surface area contributed by atoms with Crippen LogP contribution in [0.15, 0.2) is 71.5 Å². The Labute approximate surface area is 220 Å². The second-order valence-corrected chi connectivity index (χ2v) is 8.91. The van der Waals surface area contributed by atoms with Crippen LogP contribution in [0.5, 0.6) is 11.5 Å². The van der Waals surface area contributed by atoms with Crippen LogP contribution in [0.1, 0.15) is 32.1 Å². The number of ether oxygens (including phenoxy) is 2. The highest BCUT2D eigenvalue weighted by Crippen LogP contribution is 2.28. The summed E-state index contributed by atoms with van der Waals surface area (Å²) in [5.41, 5.74) is 1.37. The Morgan fingerprint density at radius 2 is 1.81 bits per heavy atom. The highest BCUT2D eigenvalue weighted by Gasteiger charge is 2.27. The van der Waals surface area contributed by atoms with Gasteiger partial charge in [-0.2, -0.15) is 0 Å². The Morgan fingerprint density at radius 3 is 2.49 bits per heavy atom. The first-order valence-electron chi connectivity index (χ1n) is 11.9. The highest BCUT2D eigenvalue weighted by molar-refractivity contribution is 6.31. The molecule has 1 N–H and O–H groups in total. The number of halogens is 1. The highest BCUT2D eigenvalue weighted by atomic mass is 35.5. The lowest BCUT2D eigenvalue weighted by Gasteiger charge is -2.30. The Hall–Kier alpha value is -4.04. The number of carbonyl (C=O) groups excluding carboxylic acids is 1. The number of rotatable bonds is 8. The van der Waals surface area contributed by atoms with Gasteiger partial charge in [0.05, 0.1) is 42.5 Å². The van der Waals surface area contributed by atoms with Crippen molar-refractivity contribution in [1.29, 1.82) is 0 Å². The van der Waals surface area contributed by atoms with Crippen LogP contribution in [0.25, 0.3) is 16.6 Å². The molecule has 1 atom stereocenters. The van der Waals surface area contributed by atoms with Crippen molar-refractivity contribution >= 4 is 34.2 Å². The first kappa shape index (κ1) is 26.0. The molecule has 0 bridgehead atoms. The van der Waals surface area contributed by atoms with Gasteiger partial charge in [-0.3, -0.25) is 9.36 Å². The molecule has 8 nitrogen and oxygen atoms in total. The van der Waals surface area contributed by atoms with E-state index in [9.17, 15) is 9.59 Å². The summed E-state index contributed by atoms with van der Waals surface area (Å²) < 4.78 is 12.2. The molecule has 4 rings (SSSR count). The number of methoxy groups -OCH3 is 2. The van der Waals surface area contributed by atoms with Gasteiger partial charge in [0.2, 0.25) is 0 Å². The van der Waals surface area contributed by atoms with E-state index in [0.717, 1.165) is 0 Å². The average Bonchev–Trinajstić information content (AvgIpc) is 2.91. The molecular formula is C28H29ClN4O4. The van der Waals surface area contributed by atoms with Crippen LogP contribution >= 0.6 is 11.6 Å². The van der Waals surface area contributed by atoms with Crippen molar-refractivity contribution in [3.63, 3.8) is 0 Å². The van der Waals surface area contributed by atoms with E-state index >= 15 is 0 Å². The minimum atomic E-state index is -0.562. The van der Waals surface area contributed by atoms with Crippen LogP contribution < -0.4 is 20.3 Å². The van der Waals surface area contributed by atoms with Crippen LogP contribution in [0.2, 0.25) is 5.02 Å². The van der Waals surface area contributed by atoms with Crippen molar-refractivity contribution in [2.24, 2.45) is 0 Å². The van der Waals surface area contributed by atoms with E-state index in [1.165, 1.54) is 0 Å². The van der Waals surface area contributed by atoms with Gasteiger partial charge in [0.1, 0.15) is 17.3 Å². The maximum absolute atomic E-state index is 13.8. The van der Waals surface area contributed by atoms with Crippen molar-refractivity contribution in [2.45, 2.75) is 26.3 Å². The number of aromatic nitrogens is 2. The zero-order valence-corrected chi connectivity index (χ0v) is 22.0. The van der Waals surface area contributed by atoms with Gasteiger partial charge >= 0.3 is 6.03 Å². The van der Waals surface area contributed by atoms with Crippen molar-refractivity contribution in [3.8, 4) is 17.2 Å². The van der Waals surface area contributed by atoms with E-state index < -0.39 is 6.04 Å². The third kappa shape index (κ3) is 5.39. The summed E-state index contributed by atoms with van der Waals surface area (Å²) in [4.78, 5) is 33.8. The van der Waals surface area contributed by atoms with Crippen molar-refractivity contribution < 1.29 is 14.3 Å². The van der Waals surface area contributed by atoms with E-state index in [4.69, 9.17) is 26.1 Å². The lowest BCUT2D eigenvalue weighted by atomic mass is 10.1. The topological polar surface area (TPSA) is 85.7 Å². The average molecular weight is 521 g/mol. The largest absolute Gasteiger partial charge is 0.497 e. The van der Waals surface area contributed by atoms with Gasteiger partial charge in [0.15, 0.2) is 0 Å². The van der Waals surface area contributed by atoms with E-state index in [-0.39, 0.29) is 11.6 Å². The van der Waals surface area contributed by atoms with Crippen molar-refractivity contribution in [2.75, 3.05) is 26.1 Å². The van der Waals surface area contributed by atoms with Gasteiger partial charge in [0.25, 0.3) is 5.56 Å². The molecule has 0 spiro atoms. The molecule has 192 valence electrons. The first-order chi connectivity index (χ1) is 17.9.